The SMILES string of the molecule is Cc1ccc(C=CS(=O)(=O)NC2C3C=CC(C3)C2CC=CCCCC(=O)O)cc1. The minimum absolute atomic E-state index is 0.0960. The maximum absolute atomic E-state index is 12.6. The summed E-state index contributed by atoms with van der Waals surface area (Å²) in [5, 5.41) is 9.94. The number of hydrogen-bond acceptors (Lipinski definition) is 3. The molecule has 1 aromatic rings. The molecule has 6 heteroatoms. The molecule has 156 valence electrons. The molecule has 1 fully saturated rings. The summed E-state index contributed by atoms with van der Waals surface area (Å²) in [7, 11) is -3.53. The second kappa shape index (κ2) is 9.55. The number of nitrogens with one attached hydrogen (secondary N) is 1. The van der Waals surface area contributed by atoms with Crippen LogP contribution >= 0.6 is 0 Å². The lowest BCUT2D eigenvalue weighted by Gasteiger charge is -2.27. The standard InChI is InChI=1S/C23H29NO4S/c1-17-8-10-18(11-9-17)14-15-29(27,28)24-23-20-13-12-19(16-20)21(23)6-4-2-3-5-7-22(25)26/h2,4,8-15,19-21,23-24H,3,5-7,16H2,1H3,(H,25,26). The van der Waals surface area contributed by atoms with Gasteiger partial charge in [0, 0.05) is 17.9 Å². The van der Waals surface area contributed by atoms with Crippen molar-refractivity contribution in [2.45, 2.75) is 45.1 Å². The number of aliphatic carboxylic acids is 1. The lowest BCUT2D eigenvalue weighted by molar-refractivity contribution is -0.137. The number of unbranched alkanes of at least 4 members (excludes halogenated alkanes) is 1. The van der Waals surface area contributed by atoms with Gasteiger partial charge < -0.3 is 5.11 Å². The first-order valence-corrected chi connectivity index (χ1v) is 11.7. The summed E-state index contributed by atoms with van der Waals surface area (Å²) in [6, 6.07) is 7.62. The smallest absolute Gasteiger partial charge is 0.303 e. The van der Waals surface area contributed by atoms with Gasteiger partial charge >= 0.3 is 5.97 Å². The number of allylic oxidation sites excluding steroid dienone is 3. The van der Waals surface area contributed by atoms with Gasteiger partial charge in [-0.2, -0.15) is 0 Å². The molecule has 2 bridgehead atoms. The Balaban J connectivity index is 1.58. The number of fused-ring (bicyclic) bond motifs is 2. The number of rotatable bonds is 10. The summed E-state index contributed by atoms with van der Waals surface area (Å²) < 4.78 is 28.2. The van der Waals surface area contributed by atoms with Gasteiger partial charge in [0.25, 0.3) is 0 Å². The number of carboxylic acid groups (broad SMARTS) is 1. The second-order valence-electron chi connectivity index (χ2n) is 8.01. The normalized spacial score (nSPS) is 26.1. The van der Waals surface area contributed by atoms with E-state index in [-0.39, 0.29) is 24.3 Å². The quantitative estimate of drug-likeness (QED) is 0.441. The fraction of sp³-hybridized carbons (Fsp3) is 0.435. The summed E-state index contributed by atoms with van der Waals surface area (Å²) in [4.78, 5) is 10.6. The Morgan fingerprint density at radius 2 is 1.90 bits per heavy atom. The first-order chi connectivity index (χ1) is 13.8. The fourth-order valence-corrected chi connectivity index (χ4v) is 5.38. The van der Waals surface area contributed by atoms with E-state index in [1.54, 1.807) is 6.08 Å². The zero-order valence-electron chi connectivity index (χ0n) is 16.7. The van der Waals surface area contributed by atoms with Crippen molar-refractivity contribution in [3.63, 3.8) is 0 Å². The molecule has 0 aromatic heterocycles. The molecule has 29 heavy (non-hydrogen) atoms. The van der Waals surface area contributed by atoms with Crippen LogP contribution in [0.4, 0.5) is 0 Å². The minimum atomic E-state index is -3.53. The molecule has 0 aliphatic heterocycles. The van der Waals surface area contributed by atoms with E-state index in [1.807, 2.05) is 37.3 Å². The van der Waals surface area contributed by atoms with Crippen molar-refractivity contribution in [1.29, 1.82) is 0 Å². The van der Waals surface area contributed by atoms with Crippen molar-refractivity contribution in [2.24, 2.45) is 17.8 Å². The van der Waals surface area contributed by atoms with Gasteiger partial charge in [0.1, 0.15) is 0 Å². The fourth-order valence-electron chi connectivity index (χ4n) is 4.24. The number of aryl methyl sites for hydroxylation is 1. The van der Waals surface area contributed by atoms with Crippen molar-refractivity contribution >= 4 is 22.1 Å². The molecule has 1 saturated carbocycles. The molecule has 0 saturated heterocycles. The zero-order chi connectivity index (χ0) is 20.9. The van der Waals surface area contributed by atoms with E-state index in [2.05, 4.69) is 23.0 Å². The third-order valence-corrected chi connectivity index (χ3v) is 6.87. The number of carbonyl (C=O) groups is 1. The second-order valence-corrected chi connectivity index (χ2v) is 9.61. The van der Waals surface area contributed by atoms with Crippen LogP contribution in [0.3, 0.4) is 0 Å². The van der Waals surface area contributed by atoms with Crippen LogP contribution in [0.15, 0.2) is 54.0 Å². The van der Waals surface area contributed by atoms with Crippen LogP contribution in [0, 0.1) is 24.7 Å². The Labute approximate surface area is 173 Å². The number of hydrogen-bond donors (Lipinski definition) is 2. The largest absolute Gasteiger partial charge is 0.481 e. The van der Waals surface area contributed by atoms with Gasteiger partial charge in [0.2, 0.25) is 10.0 Å². The molecule has 2 N–H and O–H groups in total. The molecule has 0 spiro atoms. The van der Waals surface area contributed by atoms with E-state index in [0.29, 0.717) is 12.3 Å². The van der Waals surface area contributed by atoms with Gasteiger partial charge in [-0.15, -0.1) is 0 Å². The Morgan fingerprint density at radius 3 is 2.62 bits per heavy atom. The summed E-state index contributed by atoms with van der Waals surface area (Å²) in [6.07, 6.45) is 13.4. The highest BCUT2D eigenvalue weighted by atomic mass is 32.2. The van der Waals surface area contributed by atoms with Crippen molar-refractivity contribution in [1.82, 2.24) is 4.72 Å². The van der Waals surface area contributed by atoms with Gasteiger partial charge in [-0.05, 0) is 62.0 Å². The van der Waals surface area contributed by atoms with E-state index in [4.69, 9.17) is 5.11 Å². The van der Waals surface area contributed by atoms with Gasteiger partial charge in [0.15, 0.2) is 0 Å². The Morgan fingerprint density at radius 1 is 1.17 bits per heavy atom. The van der Waals surface area contributed by atoms with Crippen LogP contribution in [0.2, 0.25) is 0 Å². The van der Waals surface area contributed by atoms with Gasteiger partial charge in [-0.25, -0.2) is 13.1 Å². The molecular weight excluding hydrogens is 386 g/mol. The van der Waals surface area contributed by atoms with Crippen LogP contribution in [0.1, 0.15) is 43.2 Å². The van der Waals surface area contributed by atoms with Crippen LogP contribution in [0.25, 0.3) is 6.08 Å². The molecule has 4 atom stereocenters. The predicted molar refractivity (Wildman–Crippen MR) is 116 cm³/mol. The van der Waals surface area contributed by atoms with E-state index in [1.165, 1.54) is 5.41 Å². The van der Waals surface area contributed by atoms with Crippen LogP contribution < -0.4 is 4.72 Å². The van der Waals surface area contributed by atoms with Crippen LogP contribution in [0.5, 0.6) is 0 Å². The van der Waals surface area contributed by atoms with E-state index < -0.39 is 16.0 Å². The predicted octanol–water partition coefficient (Wildman–Crippen LogP) is 4.28. The number of carboxylic acids is 1. The lowest BCUT2D eigenvalue weighted by Crippen LogP contribution is -2.41. The first-order valence-electron chi connectivity index (χ1n) is 10.2. The van der Waals surface area contributed by atoms with E-state index in [0.717, 1.165) is 30.4 Å². The average Bonchev–Trinajstić information content (AvgIpc) is 3.26. The molecule has 2 aliphatic carbocycles. The summed E-state index contributed by atoms with van der Waals surface area (Å²) >= 11 is 0. The van der Waals surface area contributed by atoms with E-state index in [9.17, 15) is 13.2 Å². The number of sulfonamides is 1. The van der Waals surface area contributed by atoms with Gasteiger partial charge in [0.05, 0.1) is 0 Å². The van der Waals surface area contributed by atoms with Crippen molar-refractivity contribution in [2.75, 3.05) is 0 Å². The highest BCUT2D eigenvalue weighted by Crippen LogP contribution is 2.45. The Bertz CT molecular complexity index is 899. The summed E-state index contributed by atoms with van der Waals surface area (Å²) in [5.41, 5.74) is 1.99. The lowest BCUT2D eigenvalue weighted by atomic mass is 9.86. The number of benzene rings is 1. The van der Waals surface area contributed by atoms with E-state index >= 15 is 0 Å². The van der Waals surface area contributed by atoms with Crippen molar-refractivity contribution in [3.8, 4) is 0 Å². The topological polar surface area (TPSA) is 83.5 Å². The third-order valence-electron chi connectivity index (χ3n) is 5.78. The monoisotopic (exact) mass is 415 g/mol. The van der Waals surface area contributed by atoms with Crippen molar-refractivity contribution in [3.05, 3.63) is 65.1 Å². The van der Waals surface area contributed by atoms with Gasteiger partial charge in [-0.1, -0.05) is 54.1 Å². The molecule has 2 aliphatic rings. The maximum Gasteiger partial charge on any atom is 0.303 e. The molecular formula is C23H29NO4S. The van der Waals surface area contributed by atoms with Crippen molar-refractivity contribution < 1.29 is 18.3 Å². The maximum atomic E-state index is 12.6. The minimum Gasteiger partial charge on any atom is -0.481 e. The van der Waals surface area contributed by atoms with Crippen LogP contribution in [-0.4, -0.2) is 25.5 Å². The first kappa shape index (κ1) is 21.5. The van der Waals surface area contributed by atoms with Crippen LogP contribution in [-0.2, 0) is 14.8 Å². The highest BCUT2D eigenvalue weighted by molar-refractivity contribution is 7.92. The average molecular weight is 416 g/mol. The molecule has 1 aromatic carbocycles. The summed E-state index contributed by atoms with van der Waals surface area (Å²) in [6.45, 7) is 2.00. The Hall–Kier alpha value is -2.18. The molecule has 0 radical (unpaired) electrons. The molecule has 0 amide bonds. The molecule has 3 rings (SSSR count). The third kappa shape index (κ3) is 6.15. The molecule has 5 nitrogen and oxygen atoms in total. The van der Waals surface area contributed by atoms with Gasteiger partial charge in [-0.3, -0.25) is 4.79 Å². The summed E-state index contributed by atoms with van der Waals surface area (Å²) in [5.74, 6) is 0.110. The molecule has 0 heterocycles. The Kier molecular flexibility index (Phi) is 7.09. The zero-order valence-corrected chi connectivity index (χ0v) is 17.5. The molecule has 4 unspecified atom stereocenters. The highest BCUT2D eigenvalue weighted by Gasteiger charge is 2.44.